The molecule has 6 nitrogen and oxygen atoms in total. The van der Waals surface area contributed by atoms with Crippen LogP contribution in [0.1, 0.15) is 18.9 Å². The van der Waals surface area contributed by atoms with Crippen molar-refractivity contribution in [3.63, 3.8) is 0 Å². The zero-order chi connectivity index (χ0) is 12.8. The average Bonchev–Trinajstić information content (AvgIpc) is 2.31. The quantitative estimate of drug-likeness (QED) is 0.542. The van der Waals surface area contributed by atoms with E-state index in [1.54, 1.807) is 12.1 Å². The van der Waals surface area contributed by atoms with E-state index in [0.717, 1.165) is 5.56 Å². The second-order valence-corrected chi connectivity index (χ2v) is 3.27. The number of nitrogens with zero attached hydrogens (tertiary/aromatic N) is 1. The molecule has 0 aliphatic carbocycles. The van der Waals surface area contributed by atoms with Crippen molar-refractivity contribution in [1.29, 1.82) is 0 Å². The van der Waals surface area contributed by atoms with E-state index in [2.05, 4.69) is 10.5 Å². The van der Waals surface area contributed by atoms with Crippen LogP contribution in [0, 0.1) is 0 Å². The molecule has 4 N–H and O–H groups in total. The molecule has 0 aliphatic rings. The number of hydrogen-bond acceptors (Lipinski definition) is 4. The molecule has 6 heteroatoms. The molecule has 1 aromatic rings. The van der Waals surface area contributed by atoms with Crippen molar-refractivity contribution in [2.45, 2.75) is 13.3 Å². The molecule has 1 aromatic carbocycles. The van der Waals surface area contributed by atoms with Gasteiger partial charge in [-0.3, -0.25) is 0 Å². The first-order chi connectivity index (χ1) is 8.08. The molecular formula is C11H15N3O3. The number of ether oxygens (including phenoxy) is 1. The average molecular weight is 237 g/mol. The molecule has 0 aliphatic heterocycles. The summed E-state index contributed by atoms with van der Waals surface area (Å²) in [5, 5.41) is 13.3. The first-order valence-corrected chi connectivity index (χ1v) is 5.07. The molecule has 0 fully saturated rings. The summed E-state index contributed by atoms with van der Waals surface area (Å²) in [4.78, 5) is 10.6. The number of urea groups is 1. The van der Waals surface area contributed by atoms with Crippen molar-refractivity contribution in [3.05, 3.63) is 23.8 Å². The van der Waals surface area contributed by atoms with Crippen LogP contribution >= 0.6 is 0 Å². The van der Waals surface area contributed by atoms with Crippen LogP contribution in [0.5, 0.6) is 11.5 Å². The number of nitrogens with two attached hydrogens (primary N) is 1. The van der Waals surface area contributed by atoms with Crippen molar-refractivity contribution in [3.8, 4) is 11.5 Å². The Morgan fingerprint density at radius 1 is 1.59 bits per heavy atom. The maximum atomic E-state index is 10.6. The highest BCUT2D eigenvalue weighted by Crippen LogP contribution is 2.26. The lowest BCUT2D eigenvalue weighted by atomic mass is 10.1. The van der Waals surface area contributed by atoms with Gasteiger partial charge < -0.3 is 15.6 Å². The third-order valence-electron chi connectivity index (χ3n) is 2.15. The van der Waals surface area contributed by atoms with Gasteiger partial charge in [0.25, 0.3) is 0 Å². The molecule has 1 rings (SSSR count). The number of methoxy groups -OCH3 is 1. The fourth-order valence-electron chi connectivity index (χ4n) is 1.33. The van der Waals surface area contributed by atoms with E-state index in [-0.39, 0.29) is 5.75 Å². The SMILES string of the molecule is CC/C(=N\NC(N)=O)c1ccc(O)c(OC)c1. The summed E-state index contributed by atoms with van der Waals surface area (Å²) in [5.41, 5.74) is 8.49. The Hall–Kier alpha value is -2.24. The van der Waals surface area contributed by atoms with Gasteiger partial charge in [0.15, 0.2) is 11.5 Å². The summed E-state index contributed by atoms with van der Waals surface area (Å²) >= 11 is 0. The maximum absolute atomic E-state index is 10.6. The van der Waals surface area contributed by atoms with Gasteiger partial charge in [-0.25, -0.2) is 10.2 Å². The van der Waals surface area contributed by atoms with Crippen LogP contribution in [0.2, 0.25) is 0 Å². The summed E-state index contributed by atoms with van der Waals surface area (Å²) < 4.78 is 4.99. The number of amides is 2. The monoisotopic (exact) mass is 237 g/mol. The largest absolute Gasteiger partial charge is 0.504 e. The summed E-state index contributed by atoms with van der Waals surface area (Å²) in [7, 11) is 1.46. The lowest BCUT2D eigenvalue weighted by molar-refractivity contribution is 0.249. The number of hydrazone groups is 1. The fraction of sp³-hybridized carbons (Fsp3) is 0.273. The normalized spacial score (nSPS) is 11.1. The summed E-state index contributed by atoms with van der Waals surface area (Å²) in [5.74, 6) is 0.400. The van der Waals surface area contributed by atoms with Crippen molar-refractivity contribution in [2.75, 3.05) is 7.11 Å². The number of aromatic hydroxyl groups is 1. The van der Waals surface area contributed by atoms with Crippen molar-refractivity contribution >= 4 is 11.7 Å². The third kappa shape index (κ3) is 3.37. The van der Waals surface area contributed by atoms with E-state index in [9.17, 15) is 9.90 Å². The van der Waals surface area contributed by atoms with Gasteiger partial charge in [-0.1, -0.05) is 6.92 Å². The number of hydrogen-bond donors (Lipinski definition) is 3. The minimum atomic E-state index is -0.721. The number of rotatable bonds is 4. The molecule has 2 amide bonds. The summed E-state index contributed by atoms with van der Waals surface area (Å²) in [6.07, 6.45) is 0.605. The standard InChI is InChI=1S/C11H15N3O3/c1-3-8(13-14-11(12)16)7-4-5-9(15)10(6-7)17-2/h4-6,15H,3H2,1-2H3,(H3,12,14,16)/b13-8+. The molecule has 0 atom stereocenters. The number of phenolic OH excluding ortho intramolecular Hbond substituents is 1. The second-order valence-electron chi connectivity index (χ2n) is 3.27. The van der Waals surface area contributed by atoms with E-state index in [1.165, 1.54) is 13.2 Å². The first-order valence-electron chi connectivity index (χ1n) is 5.07. The Bertz CT molecular complexity index is 444. The number of benzene rings is 1. The van der Waals surface area contributed by atoms with Crippen molar-refractivity contribution < 1.29 is 14.6 Å². The first kappa shape index (κ1) is 12.8. The van der Waals surface area contributed by atoms with Crippen LogP contribution in [0.15, 0.2) is 23.3 Å². The van der Waals surface area contributed by atoms with Crippen molar-refractivity contribution in [2.24, 2.45) is 10.8 Å². The smallest absolute Gasteiger partial charge is 0.332 e. The summed E-state index contributed by atoms with van der Waals surface area (Å²) in [6.45, 7) is 1.89. The second kappa shape index (κ2) is 5.74. The van der Waals surface area contributed by atoms with E-state index >= 15 is 0 Å². The van der Waals surface area contributed by atoms with Gasteiger partial charge in [0.1, 0.15) is 0 Å². The topological polar surface area (TPSA) is 96.9 Å². The lowest BCUT2D eigenvalue weighted by Gasteiger charge is -2.08. The van der Waals surface area contributed by atoms with Crippen LogP contribution in [0.4, 0.5) is 4.79 Å². The van der Waals surface area contributed by atoms with Gasteiger partial charge >= 0.3 is 6.03 Å². The van der Waals surface area contributed by atoms with Crippen molar-refractivity contribution in [1.82, 2.24) is 5.43 Å². The van der Waals surface area contributed by atoms with E-state index in [0.29, 0.717) is 17.9 Å². The predicted octanol–water partition coefficient (Wildman–Crippen LogP) is 1.18. The Morgan fingerprint density at radius 3 is 2.82 bits per heavy atom. The number of carbonyl (C=O) groups is 1. The van der Waals surface area contributed by atoms with Gasteiger partial charge in [0.2, 0.25) is 0 Å². The van der Waals surface area contributed by atoms with Gasteiger partial charge in [-0.15, -0.1) is 0 Å². The number of phenols is 1. The zero-order valence-electron chi connectivity index (χ0n) is 9.73. The van der Waals surface area contributed by atoms with Crippen LogP contribution in [0.25, 0.3) is 0 Å². The minimum Gasteiger partial charge on any atom is -0.504 e. The van der Waals surface area contributed by atoms with Crippen LogP contribution < -0.4 is 15.9 Å². The highest BCUT2D eigenvalue weighted by molar-refractivity contribution is 6.01. The molecule has 0 heterocycles. The van der Waals surface area contributed by atoms with E-state index in [4.69, 9.17) is 10.5 Å². The van der Waals surface area contributed by atoms with Gasteiger partial charge in [-0.05, 0) is 24.6 Å². The summed E-state index contributed by atoms with van der Waals surface area (Å²) in [6, 6.07) is 4.11. The molecule has 0 saturated carbocycles. The third-order valence-corrected chi connectivity index (χ3v) is 2.15. The Balaban J connectivity index is 3.03. The molecular weight excluding hydrogens is 222 g/mol. The van der Waals surface area contributed by atoms with Crippen LogP contribution in [-0.4, -0.2) is 24.0 Å². The molecule has 92 valence electrons. The minimum absolute atomic E-state index is 0.0505. The predicted molar refractivity (Wildman–Crippen MR) is 64.2 cm³/mol. The van der Waals surface area contributed by atoms with Gasteiger partial charge in [0, 0.05) is 5.56 Å². The maximum Gasteiger partial charge on any atom is 0.332 e. The van der Waals surface area contributed by atoms with E-state index in [1.807, 2.05) is 6.92 Å². The molecule has 0 bridgehead atoms. The fourth-order valence-corrected chi connectivity index (χ4v) is 1.33. The Labute approximate surface area is 99.1 Å². The lowest BCUT2D eigenvalue weighted by Crippen LogP contribution is -2.25. The van der Waals surface area contributed by atoms with E-state index < -0.39 is 6.03 Å². The molecule has 0 unspecified atom stereocenters. The molecule has 0 spiro atoms. The highest BCUT2D eigenvalue weighted by atomic mass is 16.5. The number of primary amides is 1. The van der Waals surface area contributed by atoms with Gasteiger partial charge in [0.05, 0.1) is 12.8 Å². The van der Waals surface area contributed by atoms with Gasteiger partial charge in [-0.2, -0.15) is 5.10 Å². The zero-order valence-corrected chi connectivity index (χ0v) is 9.73. The molecule has 0 aromatic heterocycles. The Kier molecular flexibility index (Phi) is 4.33. The highest BCUT2D eigenvalue weighted by Gasteiger charge is 2.07. The number of carbonyl (C=O) groups excluding carboxylic acids is 1. The Morgan fingerprint density at radius 2 is 2.29 bits per heavy atom. The van der Waals surface area contributed by atoms with Crippen LogP contribution in [0.3, 0.4) is 0 Å². The number of nitrogens with one attached hydrogen (secondary N) is 1. The molecule has 0 radical (unpaired) electrons. The molecule has 17 heavy (non-hydrogen) atoms. The molecule has 0 saturated heterocycles. The van der Waals surface area contributed by atoms with Crippen LogP contribution in [-0.2, 0) is 0 Å².